The van der Waals surface area contributed by atoms with Crippen molar-refractivity contribution < 1.29 is 0 Å². The van der Waals surface area contributed by atoms with Gasteiger partial charge in [0.15, 0.2) is 0 Å². The van der Waals surface area contributed by atoms with Crippen molar-refractivity contribution in [2.75, 3.05) is 11.1 Å². The van der Waals surface area contributed by atoms with Crippen LogP contribution in [-0.2, 0) is 0 Å². The number of aryl methyl sites for hydroxylation is 1. The number of nitrogen functional groups attached to an aromatic ring is 1. The first-order chi connectivity index (χ1) is 8.04. The molecule has 0 radical (unpaired) electrons. The highest BCUT2D eigenvalue weighted by atomic mass is 35.5. The molecule has 0 bridgehead atoms. The van der Waals surface area contributed by atoms with Gasteiger partial charge in [-0.15, -0.1) is 0 Å². The highest BCUT2D eigenvalue weighted by molar-refractivity contribution is 6.35. The van der Waals surface area contributed by atoms with Gasteiger partial charge in [0.1, 0.15) is 0 Å². The van der Waals surface area contributed by atoms with Crippen LogP contribution in [0.4, 0.5) is 17.1 Å². The molecule has 0 amide bonds. The van der Waals surface area contributed by atoms with Crippen LogP contribution in [-0.4, -0.2) is 0 Å². The van der Waals surface area contributed by atoms with Crippen molar-refractivity contribution in [3.8, 4) is 0 Å². The van der Waals surface area contributed by atoms with Gasteiger partial charge in [0, 0.05) is 15.7 Å². The molecule has 2 aromatic carbocycles. The zero-order chi connectivity index (χ0) is 12.4. The summed E-state index contributed by atoms with van der Waals surface area (Å²) in [5.41, 5.74) is 9.38. The van der Waals surface area contributed by atoms with Crippen LogP contribution in [0.1, 0.15) is 5.56 Å². The largest absolute Gasteiger partial charge is 0.397 e. The molecule has 2 nitrogen and oxygen atoms in total. The summed E-state index contributed by atoms with van der Waals surface area (Å²) in [5, 5.41) is 4.38. The number of hydrogen-bond acceptors (Lipinski definition) is 2. The Morgan fingerprint density at radius 3 is 2.29 bits per heavy atom. The third-order valence-corrected chi connectivity index (χ3v) is 2.79. The molecule has 2 aromatic rings. The van der Waals surface area contributed by atoms with Crippen LogP contribution in [0.25, 0.3) is 0 Å². The van der Waals surface area contributed by atoms with Crippen LogP contribution >= 0.6 is 23.2 Å². The van der Waals surface area contributed by atoms with Gasteiger partial charge in [-0.3, -0.25) is 0 Å². The summed E-state index contributed by atoms with van der Waals surface area (Å²) in [5.74, 6) is 0. The Balaban J connectivity index is 2.34. The summed E-state index contributed by atoms with van der Waals surface area (Å²) in [7, 11) is 0. The number of hydrogen-bond donors (Lipinski definition) is 2. The number of nitrogens with one attached hydrogen (secondary N) is 1. The van der Waals surface area contributed by atoms with Gasteiger partial charge in [-0.2, -0.15) is 0 Å². The fourth-order valence-corrected chi connectivity index (χ4v) is 2.09. The topological polar surface area (TPSA) is 38.0 Å². The van der Waals surface area contributed by atoms with Crippen molar-refractivity contribution in [1.29, 1.82) is 0 Å². The number of anilines is 3. The minimum Gasteiger partial charge on any atom is -0.397 e. The monoisotopic (exact) mass is 266 g/mol. The van der Waals surface area contributed by atoms with Gasteiger partial charge in [-0.05, 0) is 42.8 Å². The van der Waals surface area contributed by atoms with Crippen LogP contribution in [0.15, 0.2) is 36.4 Å². The molecule has 4 heteroatoms. The van der Waals surface area contributed by atoms with Gasteiger partial charge in [0.05, 0.1) is 11.4 Å². The molecule has 0 saturated heterocycles. The predicted molar refractivity (Wildman–Crippen MR) is 75.3 cm³/mol. The fourth-order valence-electron chi connectivity index (χ4n) is 1.56. The molecule has 3 N–H and O–H groups in total. The molecule has 0 spiro atoms. The van der Waals surface area contributed by atoms with Crippen LogP contribution in [0.2, 0.25) is 10.0 Å². The smallest absolute Gasteiger partial charge is 0.0620 e. The Morgan fingerprint density at radius 1 is 1.00 bits per heavy atom. The quantitative estimate of drug-likeness (QED) is 0.778. The van der Waals surface area contributed by atoms with E-state index in [2.05, 4.69) is 5.32 Å². The van der Waals surface area contributed by atoms with Gasteiger partial charge in [0.25, 0.3) is 0 Å². The fraction of sp³-hybridized carbons (Fsp3) is 0.0769. The highest BCUT2D eigenvalue weighted by Gasteiger charge is 2.02. The Hall–Kier alpha value is -1.38. The molecule has 0 aliphatic carbocycles. The third kappa shape index (κ3) is 3.05. The summed E-state index contributed by atoms with van der Waals surface area (Å²) in [6.45, 7) is 2.01. The zero-order valence-corrected chi connectivity index (χ0v) is 10.8. The standard InChI is InChI=1S/C13H12Cl2N2/c1-8-2-3-12(16)13(4-8)17-11-6-9(14)5-10(15)7-11/h2-7,17H,16H2,1H3. The molecule has 0 aliphatic heterocycles. The minimum atomic E-state index is 0.589. The van der Waals surface area contributed by atoms with Gasteiger partial charge >= 0.3 is 0 Å². The summed E-state index contributed by atoms with van der Waals surface area (Å²) >= 11 is 11.9. The highest BCUT2D eigenvalue weighted by Crippen LogP contribution is 2.28. The Labute approximate surface area is 110 Å². The normalized spacial score (nSPS) is 10.3. The van der Waals surface area contributed by atoms with E-state index in [1.807, 2.05) is 25.1 Å². The summed E-state index contributed by atoms with van der Waals surface area (Å²) < 4.78 is 0. The maximum atomic E-state index is 5.93. The molecule has 0 aromatic heterocycles. The van der Waals surface area contributed by atoms with Crippen molar-refractivity contribution in [1.82, 2.24) is 0 Å². The number of benzene rings is 2. The lowest BCUT2D eigenvalue weighted by Gasteiger charge is -2.11. The van der Waals surface area contributed by atoms with Crippen molar-refractivity contribution >= 4 is 40.3 Å². The Bertz CT molecular complexity index is 533. The summed E-state index contributed by atoms with van der Waals surface area (Å²) in [6.07, 6.45) is 0. The Kier molecular flexibility index (Phi) is 3.46. The lowest BCUT2D eigenvalue weighted by molar-refractivity contribution is 1.45. The van der Waals surface area contributed by atoms with Gasteiger partial charge in [-0.1, -0.05) is 29.3 Å². The molecule has 0 heterocycles. The Morgan fingerprint density at radius 2 is 1.65 bits per heavy atom. The van der Waals surface area contributed by atoms with E-state index in [9.17, 15) is 0 Å². The second-order valence-corrected chi connectivity index (χ2v) is 4.75. The van der Waals surface area contributed by atoms with Crippen molar-refractivity contribution in [2.24, 2.45) is 0 Å². The molecule has 0 unspecified atom stereocenters. The maximum absolute atomic E-state index is 5.93. The lowest BCUT2D eigenvalue weighted by atomic mass is 10.2. The van der Waals surface area contributed by atoms with E-state index in [0.29, 0.717) is 15.7 Å². The number of halogens is 2. The molecular weight excluding hydrogens is 255 g/mol. The minimum absolute atomic E-state index is 0.589. The average molecular weight is 267 g/mol. The molecule has 2 rings (SSSR count). The third-order valence-electron chi connectivity index (χ3n) is 2.35. The molecule has 17 heavy (non-hydrogen) atoms. The SMILES string of the molecule is Cc1ccc(N)c(Nc2cc(Cl)cc(Cl)c2)c1. The first-order valence-corrected chi connectivity index (χ1v) is 5.89. The second-order valence-electron chi connectivity index (χ2n) is 3.87. The van der Waals surface area contributed by atoms with E-state index in [1.54, 1.807) is 18.2 Å². The summed E-state index contributed by atoms with van der Waals surface area (Å²) in [4.78, 5) is 0. The van der Waals surface area contributed by atoms with E-state index in [0.717, 1.165) is 16.9 Å². The van der Waals surface area contributed by atoms with Crippen molar-refractivity contribution in [3.63, 3.8) is 0 Å². The lowest BCUT2D eigenvalue weighted by Crippen LogP contribution is -1.96. The van der Waals surface area contributed by atoms with Crippen LogP contribution in [0, 0.1) is 6.92 Å². The van der Waals surface area contributed by atoms with Crippen molar-refractivity contribution in [3.05, 3.63) is 52.0 Å². The maximum Gasteiger partial charge on any atom is 0.0620 e. The summed E-state index contributed by atoms with van der Waals surface area (Å²) in [6, 6.07) is 11.1. The molecule has 0 saturated carbocycles. The molecule has 0 atom stereocenters. The molecule has 0 fully saturated rings. The van der Waals surface area contributed by atoms with Crippen LogP contribution < -0.4 is 11.1 Å². The predicted octanol–water partition coefficient (Wildman–Crippen LogP) is 4.63. The van der Waals surface area contributed by atoms with Crippen LogP contribution in [0.5, 0.6) is 0 Å². The van der Waals surface area contributed by atoms with Gasteiger partial charge in [-0.25, -0.2) is 0 Å². The van der Waals surface area contributed by atoms with Gasteiger partial charge < -0.3 is 11.1 Å². The molecule has 88 valence electrons. The van der Waals surface area contributed by atoms with E-state index >= 15 is 0 Å². The van der Waals surface area contributed by atoms with E-state index in [4.69, 9.17) is 28.9 Å². The number of rotatable bonds is 2. The average Bonchev–Trinajstić information content (AvgIpc) is 2.22. The second kappa shape index (κ2) is 4.86. The van der Waals surface area contributed by atoms with E-state index in [1.165, 1.54) is 0 Å². The van der Waals surface area contributed by atoms with E-state index in [-0.39, 0.29) is 0 Å². The van der Waals surface area contributed by atoms with E-state index < -0.39 is 0 Å². The number of nitrogens with two attached hydrogens (primary N) is 1. The molecule has 0 aliphatic rings. The zero-order valence-electron chi connectivity index (χ0n) is 9.30. The van der Waals surface area contributed by atoms with Crippen molar-refractivity contribution in [2.45, 2.75) is 6.92 Å². The molecular formula is C13H12Cl2N2. The first-order valence-electron chi connectivity index (χ1n) is 5.14. The van der Waals surface area contributed by atoms with Gasteiger partial charge in [0.2, 0.25) is 0 Å². The van der Waals surface area contributed by atoms with Crippen LogP contribution in [0.3, 0.4) is 0 Å². The first kappa shape index (κ1) is 12.1.